The number of carbonyl (C=O) groups is 1. The van der Waals surface area contributed by atoms with E-state index in [0.717, 1.165) is 36.3 Å². The van der Waals surface area contributed by atoms with E-state index in [1.807, 2.05) is 34.1 Å². The second-order valence-corrected chi connectivity index (χ2v) is 9.67. The number of H-pyrrole nitrogens is 1. The molecule has 34 heavy (non-hydrogen) atoms. The molecule has 2 saturated heterocycles. The zero-order valence-electron chi connectivity index (χ0n) is 19.5. The van der Waals surface area contributed by atoms with Crippen LogP contribution in [0.15, 0.2) is 54.6 Å². The molecular weight excluding hydrogens is 448 g/mol. The number of hydrogen-bond donors (Lipinski definition) is 1. The van der Waals surface area contributed by atoms with E-state index in [0.29, 0.717) is 37.9 Å². The van der Waals surface area contributed by atoms with Gasteiger partial charge in [0.25, 0.3) is 0 Å². The van der Waals surface area contributed by atoms with Gasteiger partial charge < -0.3 is 14.5 Å². The van der Waals surface area contributed by atoms with Gasteiger partial charge in [-0.05, 0) is 42.2 Å². The van der Waals surface area contributed by atoms with Crippen molar-refractivity contribution in [2.45, 2.75) is 31.6 Å². The summed E-state index contributed by atoms with van der Waals surface area (Å²) in [5.41, 5.74) is 5.54. The van der Waals surface area contributed by atoms with Crippen LogP contribution in [0.3, 0.4) is 0 Å². The summed E-state index contributed by atoms with van der Waals surface area (Å²) in [6.07, 6.45) is 1.99. The molecule has 0 radical (unpaired) electrons. The standard InChI is InChI=1S/C27H31ClN4O2/c1-2-19-6-8-20(9-7-19)22-14-23(18-32(17-22)27(33)31-10-12-34-13-11-31)26-16-25(29-30-26)21-4-3-5-24(28)15-21/h3-9,15-16,22-23H,2,10-14,17-18H2,1H3,(H,29,30). The van der Waals surface area contributed by atoms with Crippen LogP contribution in [0.1, 0.15) is 42.0 Å². The van der Waals surface area contributed by atoms with Crippen LogP contribution in [0.5, 0.6) is 0 Å². The number of piperidine rings is 1. The predicted molar refractivity (Wildman–Crippen MR) is 134 cm³/mol. The first-order valence-corrected chi connectivity index (χ1v) is 12.5. The number of nitrogens with zero attached hydrogens (tertiary/aromatic N) is 3. The van der Waals surface area contributed by atoms with Crippen molar-refractivity contribution in [2.24, 2.45) is 0 Å². The summed E-state index contributed by atoms with van der Waals surface area (Å²) in [7, 11) is 0. The minimum atomic E-state index is 0.109. The van der Waals surface area contributed by atoms with Crippen LogP contribution in [0.2, 0.25) is 5.02 Å². The first-order chi connectivity index (χ1) is 16.6. The van der Waals surface area contributed by atoms with Crippen molar-refractivity contribution in [3.05, 3.63) is 76.4 Å². The van der Waals surface area contributed by atoms with Gasteiger partial charge in [0, 0.05) is 54.3 Å². The van der Waals surface area contributed by atoms with Gasteiger partial charge in [-0.1, -0.05) is 54.9 Å². The summed E-state index contributed by atoms with van der Waals surface area (Å²) in [6, 6.07) is 18.8. The highest BCUT2D eigenvalue weighted by Crippen LogP contribution is 2.37. The number of carbonyl (C=O) groups excluding carboxylic acids is 1. The van der Waals surface area contributed by atoms with Gasteiger partial charge in [-0.2, -0.15) is 5.10 Å². The van der Waals surface area contributed by atoms with Gasteiger partial charge in [-0.3, -0.25) is 5.10 Å². The number of halogens is 1. The van der Waals surface area contributed by atoms with Crippen molar-refractivity contribution in [1.29, 1.82) is 0 Å². The zero-order valence-corrected chi connectivity index (χ0v) is 20.3. The minimum Gasteiger partial charge on any atom is -0.378 e. The predicted octanol–water partition coefficient (Wildman–Crippen LogP) is 5.32. The molecule has 2 atom stereocenters. The number of rotatable bonds is 4. The van der Waals surface area contributed by atoms with Crippen molar-refractivity contribution >= 4 is 17.6 Å². The lowest BCUT2D eigenvalue weighted by Gasteiger charge is -2.41. The molecule has 6 nitrogen and oxygen atoms in total. The quantitative estimate of drug-likeness (QED) is 0.552. The Bertz CT molecular complexity index is 1120. The number of urea groups is 1. The monoisotopic (exact) mass is 478 g/mol. The van der Waals surface area contributed by atoms with Crippen LogP contribution in [0, 0.1) is 0 Å². The van der Waals surface area contributed by atoms with Gasteiger partial charge >= 0.3 is 6.03 Å². The highest BCUT2D eigenvalue weighted by molar-refractivity contribution is 6.30. The molecule has 2 fully saturated rings. The lowest BCUT2D eigenvalue weighted by molar-refractivity contribution is 0.0398. The topological polar surface area (TPSA) is 61.5 Å². The highest BCUT2D eigenvalue weighted by atomic mass is 35.5. The summed E-state index contributed by atoms with van der Waals surface area (Å²) in [5, 5.41) is 8.52. The Balaban J connectivity index is 1.41. The Hall–Kier alpha value is -2.83. The van der Waals surface area contributed by atoms with Gasteiger partial charge in [0.15, 0.2) is 0 Å². The van der Waals surface area contributed by atoms with Gasteiger partial charge in [-0.15, -0.1) is 0 Å². The molecular formula is C27H31ClN4O2. The average molecular weight is 479 g/mol. The maximum Gasteiger partial charge on any atom is 0.320 e. The van der Waals surface area contributed by atoms with E-state index in [4.69, 9.17) is 16.3 Å². The normalized spacial score (nSPS) is 21.0. The van der Waals surface area contributed by atoms with Crippen LogP contribution in [0.25, 0.3) is 11.3 Å². The van der Waals surface area contributed by atoms with Crippen LogP contribution in [0.4, 0.5) is 4.79 Å². The van der Waals surface area contributed by atoms with Crippen LogP contribution in [-0.2, 0) is 11.2 Å². The van der Waals surface area contributed by atoms with Crippen molar-refractivity contribution in [3.8, 4) is 11.3 Å². The lowest BCUT2D eigenvalue weighted by atomic mass is 9.82. The number of nitrogens with one attached hydrogen (secondary N) is 1. The fraction of sp³-hybridized carbons (Fsp3) is 0.407. The van der Waals surface area contributed by atoms with E-state index in [2.05, 4.69) is 47.5 Å². The number of benzene rings is 2. The molecule has 1 N–H and O–H groups in total. The van der Waals surface area contributed by atoms with E-state index in [-0.39, 0.29) is 17.9 Å². The van der Waals surface area contributed by atoms with Gasteiger partial charge in [-0.25, -0.2) is 4.79 Å². The van der Waals surface area contributed by atoms with E-state index in [1.54, 1.807) is 0 Å². The third-order valence-electron chi connectivity index (χ3n) is 7.02. The van der Waals surface area contributed by atoms with Crippen molar-refractivity contribution in [1.82, 2.24) is 20.0 Å². The lowest BCUT2D eigenvalue weighted by Crippen LogP contribution is -2.52. The third-order valence-corrected chi connectivity index (χ3v) is 7.26. The van der Waals surface area contributed by atoms with E-state index < -0.39 is 0 Å². The van der Waals surface area contributed by atoms with Gasteiger partial charge in [0.1, 0.15) is 0 Å². The van der Waals surface area contributed by atoms with Crippen LogP contribution >= 0.6 is 11.6 Å². The van der Waals surface area contributed by atoms with Gasteiger partial charge in [0.2, 0.25) is 0 Å². The Kier molecular flexibility index (Phi) is 6.88. The van der Waals surface area contributed by atoms with E-state index in [1.165, 1.54) is 11.1 Å². The van der Waals surface area contributed by atoms with Crippen LogP contribution in [-0.4, -0.2) is 65.4 Å². The SMILES string of the molecule is CCc1ccc(C2CC(c3cc(-c4cccc(Cl)c4)n[nH]3)CN(C(=O)N3CCOCC3)C2)cc1. The molecule has 2 aromatic carbocycles. The number of aryl methyl sites for hydroxylation is 1. The molecule has 0 bridgehead atoms. The summed E-state index contributed by atoms with van der Waals surface area (Å²) >= 11 is 6.19. The highest BCUT2D eigenvalue weighted by Gasteiger charge is 2.35. The fourth-order valence-electron chi connectivity index (χ4n) is 5.04. The molecule has 3 heterocycles. The maximum atomic E-state index is 13.4. The minimum absolute atomic E-state index is 0.109. The molecule has 7 heteroatoms. The first kappa shape index (κ1) is 22.9. The molecule has 2 unspecified atom stereocenters. The van der Waals surface area contributed by atoms with Gasteiger partial charge in [0.05, 0.1) is 18.9 Å². The largest absolute Gasteiger partial charge is 0.378 e. The van der Waals surface area contributed by atoms with Crippen LogP contribution < -0.4 is 0 Å². The number of hydrogen-bond acceptors (Lipinski definition) is 3. The van der Waals surface area contributed by atoms with E-state index in [9.17, 15) is 4.79 Å². The number of amides is 2. The molecule has 178 valence electrons. The molecule has 2 aliphatic heterocycles. The number of aromatic amines is 1. The second-order valence-electron chi connectivity index (χ2n) is 9.23. The fourth-order valence-corrected chi connectivity index (χ4v) is 5.23. The zero-order chi connectivity index (χ0) is 23.5. The Morgan fingerprint density at radius 1 is 1.06 bits per heavy atom. The summed E-state index contributed by atoms with van der Waals surface area (Å²) in [6.45, 7) is 6.09. The van der Waals surface area contributed by atoms with E-state index >= 15 is 0 Å². The number of morpholine rings is 1. The smallest absolute Gasteiger partial charge is 0.320 e. The molecule has 5 rings (SSSR count). The summed E-state index contributed by atoms with van der Waals surface area (Å²) in [4.78, 5) is 17.4. The van der Waals surface area contributed by atoms with Crippen molar-refractivity contribution < 1.29 is 9.53 Å². The summed E-state index contributed by atoms with van der Waals surface area (Å²) in [5.74, 6) is 0.447. The Labute approximate surface area is 205 Å². The number of likely N-dealkylation sites (tertiary alicyclic amines) is 1. The average Bonchev–Trinajstić information content (AvgIpc) is 3.39. The molecule has 2 amide bonds. The Morgan fingerprint density at radius 2 is 1.82 bits per heavy atom. The van der Waals surface area contributed by atoms with Crippen molar-refractivity contribution in [3.63, 3.8) is 0 Å². The van der Waals surface area contributed by atoms with Crippen molar-refractivity contribution in [2.75, 3.05) is 39.4 Å². The molecule has 0 aliphatic carbocycles. The molecule has 3 aromatic rings. The second kappa shape index (κ2) is 10.2. The molecule has 2 aliphatic rings. The summed E-state index contributed by atoms with van der Waals surface area (Å²) < 4.78 is 5.46. The Morgan fingerprint density at radius 3 is 2.56 bits per heavy atom. The molecule has 0 saturated carbocycles. The number of ether oxygens (including phenoxy) is 1. The third kappa shape index (κ3) is 4.98. The molecule has 1 aromatic heterocycles. The molecule has 0 spiro atoms. The maximum absolute atomic E-state index is 13.4. The number of aromatic nitrogens is 2. The first-order valence-electron chi connectivity index (χ1n) is 12.1.